The molecule has 20 heavy (non-hydrogen) atoms. The predicted octanol–water partition coefficient (Wildman–Crippen LogP) is 3.35. The van der Waals surface area contributed by atoms with Crippen LogP contribution in [0, 0.1) is 6.92 Å². The highest BCUT2D eigenvalue weighted by molar-refractivity contribution is 7.10. The number of hydrogen-bond acceptors (Lipinski definition) is 4. The molecule has 1 atom stereocenters. The van der Waals surface area contributed by atoms with Gasteiger partial charge in [0.2, 0.25) is 0 Å². The van der Waals surface area contributed by atoms with E-state index >= 15 is 0 Å². The minimum Gasteiger partial charge on any atom is -0.491 e. The van der Waals surface area contributed by atoms with Gasteiger partial charge in [0.15, 0.2) is 0 Å². The highest BCUT2D eigenvalue weighted by atomic mass is 32.1. The molecular weight excluding hydrogens is 268 g/mol. The van der Waals surface area contributed by atoms with Gasteiger partial charge in [-0.05, 0) is 42.5 Å². The van der Waals surface area contributed by atoms with Crippen LogP contribution in [0.5, 0.6) is 5.75 Å². The summed E-state index contributed by atoms with van der Waals surface area (Å²) in [6.45, 7) is 4.54. The summed E-state index contributed by atoms with van der Waals surface area (Å²) in [5.41, 5.74) is 8.58. The van der Waals surface area contributed by atoms with Crippen molar-refractivity contribution in [3.63, 3.8) is 0 Å². The Labute approximate surface area is 124 Å². The standard InChI is InChI=1S/C16H20N2OS/c1-12-7-10-20-16(12)14(11-17)18-8-4-9-19-15-6-3-2-5-13(15)18/h2-3,5-7,10,14H,4,8-9,11,17H2,1H3. The summed E-state index contributed by atoms with van der Waals surface area (Å²) in [5, 5.41) is 2.15. The van der Waals surface area contributed by atoms with Crippen molar-refractivity contribution in [2.45, 2.75) is 19.4 Å². The molecule has 2 aromatic rings. The zero-order valence-corrected chi connectivity index (χ0v) is 12.5. The van der Waals surface area contributed by atoms with Crippen molar-refractivity contribution >= 4 is 17.0 Å². The minimum atomic E-state index is 0.234. The van der Waals surface area contributed by atoms with Gasteiger partial charge in [0.1, 0.15) is 5.75 Å². The van der Waals surface area contributed by atoms with Crippen molar-refractivity contribution in [3.8, 4) is 5.75 Å². The number of fused-ring (bicyclic) bond motifs is 1. The van der Waals surface area contributed by atoms with E-state index in [1.807, 2.05) is 12.1 Å². The smallest absolute Gasteiger partial charge is 0.142 e. The van der Waals surface area contributed by atoms with E-state index in [0.29, 0.717) is 6.54 Å². The molecule has 0 radical (unpaired) electrons. The Balaban J connectivity index is 2.01. The van der Waals surface area contributed by atoms with Crippen LogP contribution in [0.4, 0.5) is 5.69 Å². The van der Waals surface area contributed by atoms with Gasteiger partial charge < -0.3 is 15.4 Å². The van der Waals surface area contributed by atoms with Crippen LogP contribution >= 0.6 is 11.3 Å². The maximum Gasteiger partial charge on any atom is 0.142 e. The summed E-state index contributed by atoms with van der Waals surface area (Å²) >= 11 is 1.79. The summed E-state index contributed by atoms with van der Waals surface area (Å²) in [7, 11) is 0. The van der Waals surface area contributed by atoms with Gasteiger partial charge in [-0.3, -0.25) is 0 Å². The molecule has 4 heteroatoms. The van der Waals surface area contributed by atoms with Crippen molar-refractivity contribution < 1.29 is 4.74 Å². The van der Waals surface area contributed by atoms with E-state index in [1.165, 1.54) is 10.4 Å². The van der Waals surface area contributed by atoms with E-state index in [4.69, 9.17) is 10.5 Å². The van der Waals surface area contributed by atoms with Gasteiger partial charge in [-0.1, -0.05) is 12.1 Å². The molecule has 1 unspecified atom stereocenters. The zero-order chi connectivity index (χ0) is 13.9. The first kappa shape index (κ1) is 13.5. The van der Waals surface area contributed by atoms with Crippen LogP contribution in [0.2, 0.25) is 0 Å². The Hall–Kier alpha value is -1.52. The Morgan fingerprint density at radius 3 is 2.95 bits per heavy atom. The van der Waals surface area contributed by atoms with E-state index in [9.17, 15) is 0 Å². The van der Waals surface area contributed by atoms with Crippen molar-refractivity contribution in [2.24, 2.45) is 5.73 Å². The number of aryl methyl sites for hydroxylation is 1. The number of thiophene rings is 1. The van der Waals surface area contributed by atoms with Crippen LogP contribution in [-0.2, 0) is 0 Å². The van der Waals surface area contributed by atoms with Gasteiger partial charge in [0.25, 0.3) is 0 Å². The molecule has 0 fully saturated rings. The molecule has 1 aromatic carbocycles. The fraction of sp³-hybridized carbons (Fsp3) is 0.375. The molecule has 2 heterocycles. The fourth-order valence-electron chi connectivity index (χ4n) is 2.78. The van der Waals surface area contributed by atoms with E-state index < -0.39 is 0 Å². The third-order valence-electron chi connectivity index (χ3n) is 3.78. The number of ether oxygens (including phenoxy) is 1. The first-order valence-electron chi connectivity index (χ1n) is 7.04. The van der Waals surface area contributed by atoms with E-state index in [-0.39, 0.29) is 6.04 Å². The average molecular weight is 288 g/mol. The molecule has 1 aromatic heterocycles. The van der Waals surface area contributed by atoms with Crippen LogP contribution in [0.15, 0.2) is 35.7 Å². The van der Waals surface area contributed by atoms with Gasteiger partial charge in [-0.2, -0.15) is 0 Å². The lowest BCUT2D eigenvalue weighted by Crippen LogP contribution is -2.34. The van der Waals surface area contributed by atoms with Crippen molar-refractivity contribution in [1.29, 1.82) is 0 Å². The lowest BCUT2D eigenvalue weighted by molar-refractivity contribution is 0.322. The zero-order valence-electron chi connectivity index (χ0n) is 11.7. The SMILES string of the molecule is Cc1ccsc1C(CN)N1CCCOc2ccccc21. The fourth-order valence-corrected chi connectivity index (χ4v) is 3.83. The lowest BCUT2D eigenvalue weighted by atomic mass is 10.1. The van der Waals surface area contributed by atoms with Crippen molar-refractivity contribution in [3.05, 3.63) is 46.2 Å². The third-order valence-corrected chi connectivity index (χ3v) is 4.90. The third kappa shape index (κ3) is 2.41. The minimum absolute atomic E-state index is 0.234. The van der Waals surface area contributed by atoms with Crippen LogP contribution in [0.1, 0.15) is 22.9 Å². The largest absolute Gasteiger partial charge is 0.491 e. The first-order valence-corrected chi connectivity index (χ1v) is 7.91. The average Bonchev–Trinajstić information content (AvgIpc) is 2.77. The summed E-state index contributed by atoms with van der Waals surface area (Å²) in [6.07, 6.45) is 1.02. The summed E-state index contributed by atoms with van der Waals surface area (Å²) in [4.78, 5) is 3.77. The predicted molar refractivity (Wildman–Crippen MR) is 84.8 cm³/mol. The molecule has 106 valence electrons. The van der Waals surface area contributed by atoms with E-state index in [2.05, 4.69) is 35.4 Å². The number of para-hydroxylation sites is 2. The quantitative estimate of drug-likeness (QED) is 0.941. The van der Waals surface area contributed by atoms with Crippen molar-refractivity contribution in [2.75, 3.05) is 24.6 Å². The molecule has 3 nitrogen and oxygen atoms in total. The van der Waals surface area contributed by atoms with Crippen molar-refractivity contribution in [1.82, 2.24) is 0 Å². The number of benzene rings is 1. The van der Waals surface area contributed by atoms with E-state index in [1.54, 1.807) is 11.3 Å². The Bertz CT molecular complexity index is 581. The molecule has 0 spiro atoms. The summed E-state index contributed by atoms with van der Waals surface area (Å²) in [6, 6.07) is 10.7. The number of nitrogens with two attached hydrogens (primary N) is 1. The van der Waals surface area contributed by atoms with Gasteiger partial charge in [0.05, 0.1) is 18.3 Å². The topological polar surface area (TPSA) is 38.5 Å². The Morgan fingerprint density at radius 1 is 1.35 bits per heavy atom. The van der Waals surface area contributed by atoms with Crippen LogP contribution in [-0.4, -0.2) is 19.7 Å². The van der Waals surface area contributed by atoms with Gasteiger partial charge in [-0.25, -0.2) is 0 Å². The highest BCUT2D eigenvalue weighted by Crippen LogP contribution is 2.38. The number of rotatable bonds is 3. The normalized spacial score (nSPS) is 16.2. The molecule has 1 aliphatic heterocycles. The number of anilines is 1. The summed E-state index contributed by atoms with van der Waals surface area (Å²) < 4.78 is 5.84. The summed E-state index contributed by atoms with van der Waals surface area (Å²) in [5.74, 6) is 0.970. The van der Waals surface area contributed by atoms with Crippen LogP contribution in [0.3, 0.4) is 0 Å². The molecule has 3 rings (SSSR count). The number of hydrogen-bond donors (Lipinski definition) is 1. The van der Waals surface area contributed by atoms with Gasteiger partial charge >= 0.3 is 0 Å². The number of nitrogens with zero attached hydrogens (tertiary/aromatic N) is 1. The molecule has 0 saturated carbocycles. The molecule has 1 aliphatic rings. The Morgan fingerprint density at radius 2 is 2.20 bits per heavy atom. The molecule has 0 aliphatic carbocycles. The van der Waals surface area contributed by atoms with Crippen LogP contribution in [0.25, 0.3) is 0 Å². The van der Waals surface area contributed by atoms with E-state index in [0.717, 1.165) is 31.0 Å². The van der Waals surface area contributed by atoms with Crippen LogP contribution < -0.4 is 15.4 Å². The molecular formula is C16H20N2OS. The monoisotopic (exact) mass is 288 g/mol. The second-order valence-electron chi connectivity index (χ2n) is 5.08. The molecule has 0 amide bonds. The second-order valence-corrected chi connectivity index (χ2v) is 6.03. The highest BCUT2D eigenvalue weighted by Gasteiger charge is 2.25. The maximum atomic E-state index is 6.10. The van der Waals surface area contributed by atoms with Gasteiger partial charge in [0, 0.05) is 18.0 Å². The lowest BCUT2D eigenvalue weighted by Gasteiger charge is -2.32. The van der Waals surface area contributed by atoms with Gasteiger partial charge in [-0.15, -0.1) is 11.3 Å². The Kier molecular flexibility index (Phi) is 3.94. The first-order chi connectivity index (χ1) is 9.81. The molecule has 0 saturated heterocycles. The molecule has 2 N–H and O–H groups in total. The second kappa shape index (κ2) is 5.85. The molecule has 0 bridgehead atoms. The maximum absolute atomic E-state index is 6.10.